The number of alkyl halides is 7. The molecule has 1 N–H and O–H groups in total. The molecular weight excluding hydrogens is 237 g/mol. The van der Waals surface area contributed by atoms with E-state index in [2.05, 4.69) is 0 Å². The van der Waals surface area contributed by atoms with Crippen molar-refractivity contribution in [3.8, 4) is 0 Å². The zero-order chi connectivity index (χ0) is 12.7. The molecule has 0 fully saturated rings. The Morgan fingerprint density at radius 2 is 1.47 bits per heavy atom. The molecule has 0 aliphatic rings. The van der Waals surface area contributed by atoms with Crippen LogP contribution in [0, 0.1) is 0 Å². The Kier molecular flexibility index (Phi) is 3.29. The van der Waals surface area contributed by atoms with Crippen LogP contribution in [0.25, 0.3) is 0 Å². The van der Waals surface area contributed by atoms with Crippen LogP contribution in [-0.2, 0) is 4.79 Å². The summed E-state index contributed by atoms with van der Waals surface area (Å²) in [6.45, 7) is -0.0775. The van der Waals surface area contributed by atoms with Gasteiger partial charge in [0.1, 0.15) is 0 Å². The monoisotopic (exact) mass is 242 g/mol. The SMILES string of the molecule is CC(F)C(F)(F)C(F)(F)C(F)(F)C(=O)O. The van der Waals surface area contributed by atoms with Crippen molar-refractivity contribution in [2.75, 3.05) is 0 Å². The highest BCUT2D eigenvalue weighted by atomic mass is 19.3. The Hall–Kier alpha value is -1.02. The van der Waals surface area contributed by atoms with Gasteiger partial charge >= 0.3 is 23.7 Å². The molecule has 0 radical (unpaired) electrons. The number of hydrogen-bond acceptors (Lipinski definition) is 1. The molecule has 1 atom stereocenters. The van der Waals surface area contributed by atoms with Crippen molar-refractivity contribution < 1.29 is 40.6 Å². The third-order valence-electron chi connectivity index (χ3n) is 1.58. The summed E-state index contributed by atoms with van der Waals surface area (Å²) >= 11 is 0. The first-order valence-electron chi connectivity index (χ1n) is 3.40. The van der Waals surface area contributed by atoms with Gasteiger partial charge in [-0.15, -0.1) is 0 Å². The maximum absolute atomic E-state index is 12.4. The van der Waals surface area contributed by atoms with Crippen LogP contribution in [0.3, 0.4) is 0 Å². The van der Waals surface area contributed by atoms with E-state index in [-0.39, 0.29) is 6.92 Å². The molecule has 2 nitrogen and oxygen atoms in total. The molecule has 15 heavy (non-hydrogen) atoms. The van der Waals surface area contributed by atoms with Crippen molar-refractivity contribution in [3.05, 3.63) is 0 Å². The molecule has 0 heterocycles. The zero-order valence-corrected chi connectivity index (χ0v) is 7.08. The molecule has 0 aromatic heterocycles. The van der Waals surface area contributed by atoms with Gasteiger partial charge in [0, 0.05) is 0 Å². The number of carboxylic acids is 1. The van der Waals surface area contributed by atoms with Crippen LogP contribution in [0.4, 0.5) is 30.7 Å². The molecule has 0 aliphatic heterocycles. The number of carboxylic acid groups (broad SMARTS) is 1. The van der Waals surface area contributed by atoms with Gasteiger partial charge in [-0.05, 0) is 6.92 Å². The van der Waals surface area contributed by atoms with Crippen LogP contribution >= 0.6 is 0 Å². The lowest BCUT2D eigenvalue weighted by atomic mass is 10.0. The second-order valence-electron chi connectivity index (χ2n) is 2.69. The molecule has 9 heteroatoms. The van der Waals surface area contributed by atoms with Gasteiger partial charge in [0.2, 0.25) is 0 Å². The fourth-order valence-corrected chi connectivity index (χ4v) is 0.593. The standard InChI is InChI=1S/C6H5F7O2/c1-2(7)4(8,9)6(12,13)5(10,11)3(14)15/h2H,1H3,(H,14,15). The highest BCUT2D eigenvalue weighted by Gasteiger charge is 2.77. The third-order valence-corrected chi connectivity index (χ3v) is 1.58. The van der Waals surface area contributed by atoms with Crippen LogP contribution in [0.2, 0.25) is 0 Å². The summed E-state index contributed by atoms with van der Waals surface area (Å²) in [7, 11) is 0. The Balaban J connectivity index is 5.40. The van der Waals surface area contributed by atoms with Crippen molar-refractivity contribution in [1.82, 2.24) is 0 Å². The van der Waals surface area contributed by atoms with Gasteiger partial charge in [-0.25, -0.2) is 9.18 Å². The second kappa shape index (κ2) is 3.53. The highest BCUT2D eigenvalue weighted by Crippen LogP contribution is 2.48. The molecule has 0 saturated heterocycles. The van der Waals surface area contributed by atoms with E-state index in [0.717, 1.165) is 0 Å². The van der Waals surface area contributed by atoms with E-state index < -0.39 is 29.9 Å². The summed E-state index contributed by atoms with van der Waals surface area (Å²) in [5.41, 5.74) is 0. The second-order valence-corrected chi connectivity index (χ2v) is 2.69. The molecule has 0 aliphatic carbocycles. The maximum Gasteiger partial charge on any atom is 0.410 e. The van der Waals surface area contributed by atoms with Gasteiger partial charge in [-0.2, -0.15) is 26.3 Å². The van der Waals surface area contributed by atoms with Crippen LogP contribution in [0.15, 0.2) is 0 Å². The van der Waals surface area contributed by atoms with Gasteiger partial charge in [-0.3, -0.25) is 0 Å². The number of hydrogen-bond donors (Lipinski definition) is 1. The zero-order valence-electron chi connectivity index (χ0n) is 7.08. The van der Waals surface area contributed by atoms with Crippen LogP contribution in [0.5, 0.6) is 0 Å². The molecule has 0 spiro atoms. The average Bonchev–Trinajstić information content (AvgIpc) is 2.02. The van der Waals surface area contributed by atoms with Crippen molar-refractivity contribution in [3.63, 3.8) is 0 Å². The number of rotatable bonds is 4. The van der Waals surface area contributed by atoms with Crippen LogP contribution in [-0.4, -0.2) is 35.0 Å². The van der Waals surface area contributed by atoms with E-state index in [1.165, 1.54) is 0 Å². The van der Waals surface area contributed by atoms with E-state index in [9.17, 15) is 35.5 Å². The topological polar surface area (TPSA) is 37.3 Å². The number of carbonyl (C=O) groups is 1. The lowest BCUT2D eigenvalue weighted by Crippen LogP contribution is -2.60. The molecule has 0 amide bonds. The third kappa shape index (κ3) is 1.86. The van der Waals surface area contributed by atoms with Gasteiger partial charge in [0.05, 0.1) is 0 Å². The average molecular weight is 242 g/mol. The first-order chi connectivity index (χ1) is 6.39. The van der Waals surface area contributed by atoms with E-state index >= 15 is 0 Å². The molecule has 0 aromatic carbocycles. The minimum atomic E-state index is -6.31. The molecule has 0 saturated carbocycles. The lowest BCUT2D eigenvalue weighted by Gasteiger charge is -2.30. The minimum Gasteiger partial charge on any atom is -0.477 e. The fraction of sp³-hybridized carbons (Fsp3) is 0.833. The van der Waals surface area contributed by atoms with Crippen molar-refractivity contribution in [2.45, 2.75) is 30.9 Å². The Bertz CT molecular complexity index is 260. The number of aliphatic carboxylic acids is 1. The summed E-state index contributed by atoms with van der Waals surface area (Å²) in [5, 5.41) is 7.64. The molecular formula is C6H5F7O2. The smallest absolute Gasteiger partial charge is 0.410 e. The molecule has 0 aromatic rings. The van der Waals surface area contributed by atoms with E-state index in [1.54, 1.807) is 0 Å². The quantitative estimate of drug-likeness (QED) is 0.768. The fourth-order valence-electron chi connectivity index (χ4n) is 0.593. The Morgan fingerprint density at radius 3 is 1.67 bits per heavy atom. The summed E-state index contributed by atoms with van der Waals surface area (Å²) in [4.78, 5) is 9.65. The van der Waals surface area contributed by atoms with Gasteiger partial charge in [0.25, 0.3) is 0 Å². The minimum absolute atomic E-state index is 0.0775. The summed E-state index contributed by atoms with van der Waals surface area (Å²) < 4.78 is 85.7. The van der Waals surface area contributed by atoms with E-state index in [4.69, 9.17) is 5.11 Å². The van der Waals surface area contributed by atoms with Gasteiger partial charge < -0.3 is 5.11 Å². The highest BCUT2D eigenvalue weighted by molar-refractivity contribution is 5.77. The molecule has 0 bridgehead atoms. The van der Waals surface area contributed by atoms with Gasteiger partial charge in [-0.1, -0.05) is 0 Å². The van der Waals surface area contributed by atoms with E-state index in [0.29, 0.717) is 0 Å². The summed E-state index contributed by atoms with van der Waals surface area (Å²) in [6.07, 6.45) is -3.61. The predicted molar refractivity (Wildman–Crippen MR) is 33.0 cm³/mol. The van der Waals surface area contributed by atoms with Crippen molar-refractivity contribution >= 4 is 5.97 Å². The maximum atomic E-state index is 12.4. The van der Waals surface area contributed by atoms with Crippen LogP contribution in [0.1, 0.15) is 6.92 Å². The lowest BCUT2D eigenvalue weighted by molar-refractivity contribution is -0.316. The predicted octanol–water partition coefficient (Wildman–Crippen LogP) is 2.33. The summed E-state index contributed by atoms with van der Waals surface area (Å²) in [5.74, 6) is -21.6. The Labute approximate surface area is 78.7 Å². The van der Waals surface area contributed by atoms with Crippen molar-refractivity contribution in [2.24, 2.45) is 0 Å². The van der Waals surface area contributed by atoms with Crippen LogP contribution < -0.4 is 0 Å². The Morgan fingerprint density at radius 1 is 1.13 bits per heavy atom. The first-order valence-corrected chi connectivity index (χ1v) is 3.40. The number of halogens is 7. The first kappa shape index (κ1) is 14.0. The summed E-state index contributed by atoms with van der Waals surface area (Å²) in [6, 6.07) is 0. The molecule has 1 unspecified atom stereocenters. The van der Waals surface area contributed by atoms with Crippen molar-refractivity contribution in [1.29, 1.82) is 0 Å². The largest absolute Gasteiger partial charge is 0.477 e. The molecule has 90 valence electrons. The molecule has 0 rings (SSSR count). The normalized spacial score (nSPS) is 16.3. The van der Waals surface area contributed by atoms with E-state index in [1.807, 2.05) is 0 Å². The van der Waals surface area contributed by atoms with Gasteiger partial charge in [0.15, 0.2) is 6.17 Å².